The molecule has 1 heteroatoms. The first-order valence-electron chi connectivity index (χ1n) is 6.97. The second-order valence-corrected chi connectivity index (χ2v) is 5.93. The number of benzene rings is 1. The largest absolute Gasteiger partial charge is 0.207 e. The third-order valence-corrected chi connectivity index (χ3v) is 4.34. The lowest BCUT2D eigenvalue weighted by Gasteiger charge is -2.33. The van der Waals surface area contributed by atoms with Crippen LogP contribution in [0.2, 0.25) is 0 Å². The van der Waals surface area contributed by atoms with Gasteiger partial charge in [-0.05, 0) is 60.8 Å². The number of allylic oxidation sites excluding steroid dienone is 2. The number of hydrogen-bond donors (Lipinski definition) is 0. The van der Waals surface area contributed by atoms with E-state index in [2.05, 4.69) is 27.7 Å². The molecule has 2 unspecified atom stereocenters. The summed E-state index contributed by atoms with van der Waals surface area (Å²) in [5.74, 6) is 1.81. The standard InChI is InChI=1S/C17H23F/c1-11(2)16-10-5-12(3)17(13(16)4)14-6-8-15(18)9-7-14/h6-9,11-12,16H,5,10H2,1-4H3. The van der Waals surface area contributed by atoms with E-state index in [-0.39, 0.29) is 5.82 Å². The maximum atomic E-state index is 13.0. The summed E-state index contributed by atoms with van der Waals surface area (Å²) in [7, 11) is 0. The first kappa shape index (κ1) is 13.3. The Balaban J connectivity index is 2.44. The van der Waals surface area contributed by atoms with Gasteiger partial charge in [0, 0.05) is 0 Å². The van der Waals surface area contributed by atoms with Crippen molar-refractivity contribution in [1.29, 1.82) is 0 Å². The average molecular weight is 246 g/mol. The summed E-state index contributed by atoms with van der Waals surface area (Å²) in [6.07, 6.45) is 2.53. The summed E-state index contributed by atoms with van der Waals surface area (Å²) in [5.41, 5.74) is 4.15. The molecule has 2 atom stereocenters. The molecular weight excluding hydrogens is 223 g/mol. The fourth-order valence-corrected chi connectivity index (χ4v) is 3.35. The smallest absolute Gasteiger partial charge is 0.123 e. The van der Waals surface area contributed by atoms with Crippen LogP contribution in [0, 0.1) is 23.6 Å². The van der Waals surface area contributed by atoms with Crippen LogP contribution in [0.3, 0.4) is 0 Å². The first-order valence-corrected chi connectivity index (χ1v) is 6.97. The van der Waals surface area contributed by atoms with Crippen molar-refractivity contribution in [2.45, 2.75) is 40.5 Å². The van der Waals surface area contributed by atoms with E-state index >= 15 is 0 Å². The zero-order valence-corrected chi connectivity index (χ0v) is 11.8. The van der Waals surface area contributed by atoms with E-state index in [9.17, 15) is 4.39 Å². The molecule has 1 aliphatic rings. The molecule has 0 aliphatic heterocycles. The predicted octanol–water partition coefficient (Wildman–Crippen LogP) is 5.30. The molecule has 0 nitrogen and oxygen atoms in total. The maximum Gasteiger partial charge on any atom is 0.123 e. The molecule has 0 heterocycles. The van der Waals surface area contributed by atoms with E-state index in [1.165, 1.54) is 29.6 Å². The third kappa shape index (κ3) is 2.50. The zero-order chi connectivity index (χ0) is 13.3. The van der Waals surface area contributed by atoms with Crippen LogP contribution in [-0.2, 0) is 0 Å². The summed E-state index contributed by atoms with van der Waals surface area (Å²) >= 11 is 0. The summed E-state index contributed by atoms with van der Waals surface area (Å²) in [6, 6.07) is 6.99. The van der Waals surface area contributed by atoms with Crippen molar-refractivity contribution in [2.75, 3.05) is 0 Å². The van der Waals surface area contributed by atoms with Gasteiger partial charge in [-0.1, -0.05) is 38.5 Å². The predicted molar refractivity (Wildman–Crippen MR) is 75.7 cm³/mol. The van der Waals surface area contributed by atoms with Crippen LogP contribution >= 0.6 is 0 Å². The summed E-state index contributed by atoms with van der Waals surface area (Å²) in [5, 5.41) is 0. The highest BCUT2D eigenvalue weighted by Gasteiger charge is 2.27. The normalized spacial score (nSPS) is 24.8. The average Bonchev–Trinajstić information content (AvgIpc) is 2.31. The van der Waals surface area contributed by atoms with Gasteiger partial charge in [0.05, 0.1) is 0 Å². The number of hydrogen-bond acceptors (Lipinski definition) is 0. The Kier molecular flexibility index (Phi) is 3.89. The Labute approximate surface area is 110 Å². The zero-order valence-electron chi connectivity index (χ0n) is 11.8. The van der Waals surface area contributed by atoms with Gasteiger partial charge >= 0.3 is 0 Å². The van der Waals surface area contributed by atoms with Gasteiger partial charge in [-0.2, -0.15) is 0 Å². The minimum atomic E-state index is -0.152. The molecule has 0 aromatic heterocycles. The first-order chi connectivity index (χ1) is 8.50. The van der Waals surface area contributed by atoms with Gasteiger partial charge in [-0.15, -0.1) is 0 Å². The van der Waals surface area contributed by atoms with Gasteiger partial charge in [0.1, 0.15) is 5.82 Å². The Morgan fingerprint density at radius 1 is 1.11 bits per heavy atom. The second-order valence-electron chi connectivity index (χ2n) is 5.93. The molecule has 1 aromatic carbocycles. The second kappa shape index (κ2) is 5.26. The van der Waals surface area contributed by atoms with Crippen LogP contribution in [0.15, 0.2) is 29.8 Å². The van der Waals surface area contributed by atoms with Crippen molar-refractivity contribution < 1.29 is 4.39 Å². The van der Waals surface area contributed by atoms with Crippen LogP contribution in [0.4, 0.5) is 4.39 Å². The minimum absolute atomic E-state index is 0.152. The molecule has 0 bridgehead atoms. The Morgan fingerprint density at radius 2 is 1.72 bits per heavy atom. The van der Waals surface area contributed by atoms with Crippen LogP contribution < -0.4 is 0 Å². The maximum absolute atomic E-state index is 13.0. The Bertz CT molecular complexity index is 439. The fraction of sp³-hybridized carbons (Fsp3) is 0.529. The lowest BCUT2D eigenvalue weighted by molar-refractivity contribution is 0.369. The van der Waals surface area contributed by atoms with Crippen molar-refractivity contribution in [3.05, 3.63) is 41.2 Å². The van der Waals surface area contributed by atoms with Gasteiger partial charge in [0.2, 0.25) is 0 Å². The lowest BCUT2D eigenvalue weighted by atomic mass is 9.72. The summed E-state index contributed by atoms with van der Waals surface area (Å²) < 4.78 is 13.0. The summed E-state index contributed by atoms with van der Waals surface area (Å²) in [6.45, 7) is 9.15. The third-order valence-electron chi connectivity index (χ3n) is 4.34. The van der Waals surface area contributed by atoms with Crippen molar-refractivity contribution in [1.82, 2.24) is 0 Å². The molecule has 98 valence electrons. The van der Waals surface area contributed by atoms with Gasteiger partial charge in [0.25, 0.3) is 0 Å². The molecule has 1 aromatic rings. The van der Waals surface area contributed by atoms with Crippen LogP contribution in [0.1, 0.15) is 46.1 Å². The van der Waals surface area contributed by atoms with Gasteiger partial charge in [0.15, 0.2) is 0 Å². The Hall–Kier alpha value is -1.11. The highest BCUT2D eigenvalue weighted by Crippen LogP contribution is 2.42. The van der Waals surface area contributed by atoms with E-state index in [1.807, 2.05) is 12.1 Å². The van der Waals surface area contributed by atoms with Crippen molar-refractivity contribution in [3.8, 4) is 0 Å². The van der Waals surface area contributed by atoms with Gasteiger partial charge < -0.3 is 0 Å². The lowest BCUT2D eigenvalue weighted by Crippen LogP contribution is -2.20. The van der Waals surface area contributed by atoms with Crippen LogP contribution in [-0.4, -0.2) is 0 Å². The van der Waals surface area contributed by atoms with Crippen LogP contribution in [0.25, 0.3) is 5.57 Å². The molecule has 0 spiro atoms. The molecule has 0 amide bonds. The highest BCUT2D eigenvalue weighted by atomic mass is 19.1. The molecule has 0 saturated carbocycles. The van der Waals surface area contributed by atoms with E-state index in [4.69, 9.17) is 0 Å². The molecule has 0 fully saturated rings. The molecule has 18 heavy (non-hydrogen) atoms. The molecule has 0 radical (unpaired) electrons. The van der Waals surface area contributed by atoms with Crippen molar-refractivity contribution >= 4 is 5.57 Å². The van der Waals surface area contributed by atoms with Crippen LogP contribution in [0.5, 0.6) is 0 Å². The molecule has 2 rings (SSSR count). The van der Waals surface area contributed by atoms with Gasteiger partial charge in [-0.25, -0.2) is 4.39 Å². The van der Waals surface area contributed by atoms with Gasteiger partial charge in [-0.3, -0.25) is 0 Å². The summed E-state index contributed by atoms with van der Waals surface area (Å²) in [4.78, 5) is 0. The fourth-order valence-electron chi connectivity index (χ4n) is 3.35. The Morgan fingerprint density at radius 3 is 2.28 bits per heavy atom. The van der Waals surface area contributed by atoms with E-state index in [0.29, 0.717) is 17.8 Å². The van der Waals surface area contributed by atoms with E-state index in [0.717, 1.165) is 0 Å². The molecular formula is C17H23F. The topological polar surface area (TPSA) is 0 Å². The van der Waals surface area contributed by atoms with Crippen molar-refractivity contribution in [3.63, 3.8) is 0 Å². The molecule has 0 N–H and O–H groups in total. The number of halogens is 1. The van der Waals surface area contributed by atoms with E-state index < -0.39 is 0 Å². The molecule has 1 aliphatic carbocycles. The minimum Gasteiger partial charge on any atom is -0.207 e. The molecule has 0 saturated heterocycles. The van der Waals surface area contributed by atoms with E-state index in [1.54, 1.807) is 12.1 Å². The quantitative estimate of drug-likeness (QED) is 0.664. The monoisotopic (exact) mass is 246 g/mol. The highest BCUT2D eigenvalue weighted by molar-refractivity contribution is 5.71. The number of rotatable bonds is 2. The van der Waals surface area contributed by atoms with Crippen molar-refractivity contribution in [2.24, 2.45) is 17.8 Å². The SMILES string of the molecule is CC1=C(c2ccc(F)cc2)C(C)CCC1C(C)C.